The molecule has 0 radical (unpaired) electrons. The molecule has 1 amide bonds. The fourth-order valence-electron chi connectivity index (χ4n) is 4.11. The molecule has 9 heteroatoms. The van der Waals surface area contributed by atoms with Crippen LogP contribution < -0.4 is 10.6 Å². The fourth-order valence-corrected chi connectivity index (χ4v) is 4.11. The van der Waals surface area contributed by atoms with Gasteiger partial charge < -0.3 is 10.6 Å². The van der Waals surface area contributed by atoms with Crippen molar-refractivity contribution in [3.8, 4) is 0 Å². The number of nitrogens with zero attached hydrogens (tertiary/aromatic N) is 3. The molecule has 0 aliphatic carbocycles. The lowest BCUT2D eigenvalue weighted by Crippen LogP contribution is -2.36. The standard InChI is InChI=1S/C24H26F3N5O/c1-4-16-5-7-17(8-6-16)20-10-21(24(25,26)27)32-22(31-20)19(13-30-32)23(33)29-12-18-11-28-15(3)9-14(18)2/h5-9,11,13,20-21,31H,4,10,12H2,1-3H3,(H,29,33). The molecule has 0 bridgehead atoms. The molecule has 0 fully saturated rings. The van der Waals surface area contributed by atoms with Crippen LogP contribution in [0.2, 0.25) is 0 Å². The van der Waals surface area contributed by atoms with E-state index in [0.29, 0.717) is 0 Å². The Morgan fingerprint density at radius 3 is 2.58 bits per heavy atom. The van der Waals surface area contributed by atoms with Crippen LogP contribution in [0.4, 0.5) is 19.0 Å². The van der Waals surface area contributed by atoms with E-state index in [4.69, 9.17) is 0 Å². The summed E-state index contributed by atoms with van der Waals surface area (Å²) in [5.41, 5.74) is 4.61. The molecule has 2 N–H and O–H groups in total. The van der Waals surface area contributed by atoms with E-state index in [9.17, 15) is 18.0 Å². The van der Waals surface area contributed by atoms with Gasteiger partial charge in [0.05, 0.1) is 12.2 Å². The number of aryl methyl sites for hydroxylation is 3. The van der Waals surface area contributed by atoms with Gasteiger partial charge in [0.2, 0.25) is 0 Å². The molecule has 1 aromatic carbocycles. The lowest BCUT2D eigenvalue weighted by atomic mass is 9.95. The maximum atomic E-state index is 13.9. The molecule has 0 spiro atoms. The van der Waals surface area contributed by atoms with Gasteiger partial charge in [0.25, 0.3) is 5.91 Å². The molecule has 3 heterocycles. The third kappa shape index (κ3) is 4.72. The molecule has 0 saturated heterocycles. The van der Waals surface area contributed by atoms with Gasteiger partial charge in [0, 0.05) is 24.9 Å². The van der Waals surface area contributed by atoms with E-state index in [1.165, 1.54) is 6.20 Å². The number of fused-ring (bicyclic) bond motifs is 1. The summed E-state index contributed by atoms with van der Waals surface area (Å²) >= 11 is 0. The number of nitrogens with one attached hydrogen (secondary N) is 2. The van der Waals surface area contributed by atoms with Crippen molar-refractivity contribution in [2.24, 2.45) is 0 Å². The molecular weight excluding hydrogens is 431 g/mol. The summed E-state index contributed by atoms with van der Waals surface area (Å²) in [5.74, 6) is -0.420. The summed E-state index contributed by atoms with van der Waals surface area (Å²) < 4.78 is 42.5. The molecule has 1 aliphatic rings. The summed E-state index contributed by atoms with van der Waals surface area (Å²) in [6.45, 7) is 6.03. The molecular formula is C24H26F3N5O. The highest BCUT2D eigenvalue weighted by atomic mass is 19.4. The molecule has 2 aromatic heterocycles. The highest BCUT2D eigenvalue weighted by Gasteiger charge is 2.47. The van der Waals surface area contributed by atoms with E-state index in [0.717, 1.165) is 39.1 Å². The summed E-state index contributed by atoms with van der Waals surface area (Å²) in [6.07, 6.45) is -0.982. The second-order valence-corrected chi connectivity index (χ2v) is 8.37. The van der Waals surface area contributed by atoms with Crippen molar-refractivity contribution in [1.29, 1.82) is 0 Å². The average Bonchev–Trinajstić information content (AvgIpc) is 3.21. The molecule has 0 saturated carbocycles. The van der Waals surface area contributed by atoms with Crippen LogP contribution in [0.5, 0.6) is 0 Å². The number of pyridine rings is 1. The molecule has 2 atom stereocenters. The Kier molecular flexibility index (Phi) is 6.14. The first-order valence-electron chi connectivity index (χ1n) is 10.9. The van der Waals surface area contributed by atoms with Gasteiger partial charge in [-0.3, -0.25) is 9.78 Å². The van der Waals surface area contributed by atoms with Crippen molar-refractivity contribution >= 4 is 11.7 Å². The van der Waals surface area contributed by atoms with Gasteiger partial charge in [-0.05, 0) is 48.6 Å². The minimum Gasteiger partial charge on any atom is -0.363 e. The predicted molar refractivity (Wildman–Crippen MR) is 119 cm³/mol. The summed E-state index contributed by atoms with van der Waals surface area (Å²) in [4.78, 5) is 17.1. The zero-order valence-electron chi connectivity index (χ0n) is 18.7. The number of rotatable bonds is 5. The van der Waals surface area contributed by atoms with Crippen LogP contribution in [0.25, 0.3) is 0 Å². The molecule has 4 rings (SSSR count). The monoisotopic (exact) mass is 457 g/mol. The zero-order valence-corrected chi connectivity index (χ0v) is 18.7. The molecule has 174 valence electrons. The Labute approximate surface area is 190 Å². The second kappa shape index (κ2) is 8.88. The minimum atomic E-state index is -4.50. The SMILES string of the molecule is CCc1ccc(C2CC(C(F)(F)F)n3ncc(C(=O)NCc4cnc(C)cc4C)c3N2)cc1. The zero-order chi connectivity index (χ0) is 23.8. The van der Waals surface area contributed by atoms with E-state index < -0.39 is 24.2 Å². The molecule has 1 aliphatic heterocycles. The largest absolute Gasteiger partial charge is 0.410 e. The van der Waals surface area contributed by atoms with Gasteiger partial charge in [0.15, 0.2) is 6.04 Å². The Bertz CT molecular complexity index is 1150. The summed E-state index contributed by atoms with van der Waals surface area (Å²) in [5, 5.41) is 9.83. The van der Waals surface area contributed by atoms with Crippen molar-refractivity contribution in [2.75, 3.05) is 5.32 Å². The molecule has 6 nitrogen and oxygen atoms in total. The van der Waals surface area contributed by atoms with Crippen molar-refractivity contribution in [2.45, 2.75) is 58.4 Å². The Morgan fingerprint density at radius 2 is 1.94 bits per heavy atom. The number of alkyl halides is 3. The van der Waals surface area contributed by atoms with Crippen molar-refractivity contribution < 1.29 is 18.0 Å². The number of hydrogen-bond acceptors (Lipinski definition) is 4. The predicted octanol–water partition coefficient (Wildman–Crippen LogP) is 5.05. The first-order chi connectivity index (χ1) is 15.7. The summed E-state index contributed by atoms with van der Waals surface area (Å²) in [7, 11) is 0. The van der Waals surface area contributed by atoms with Crippen LogP contribution in [0.15, 0.2) is 42.7 Å². The van der Waals surface area contributed by atoms with Crippen LogP contribution in [0.3, 0.4) is 0 Å². The number of hydrogen-bond donors (Lipinski definition) is 2. The van der Waals surface area contributed by atoms with Crippen LogP contribution in [0, 0.1) is 13.8 Å². The van der Waals surface area contributed by atoms with Crippen LogP contribution in [0.1, 0.15) is 63.7 Å². The summed E-state index contributed by atoms with van der Waals surface area (Å²) in [6, 6.07) is 6.99. The van der Waals surface area contributed by atoms with Crippen LogP contribution >= 0.6 is 0 Å². The van der Waals surface area contributed by atoms with Crippen molar-refractivity contribution in [3.63, 3.8) is 0 Å². The lowest BCUT2D eigenvalue weighted by molar-refractivity contribution is -0.173. The number of anilines is 1. The van der Waals surface area contributed by atoms with E-state index in [1.54, 1.807) is 6.20 Å². The lowest BCUT2D eigenvalue weighted by Gasteiger charge is -2.34. The number of halogens is 3. The Morgan fingerprint density at radius 1 is 1.21 bits per heavy atom. The van der Waals surface area contributed by atoms with Gasteiger partial charge in [-0.15, -0.1) is 0 Å². The number of carbonyl (C=O) groups excluding carboxylic acids is 1. The van der Waals surface area contributed by atoms with Crippen molar-refractivity contribution in [1.82, 2.24) is 20.1 Å². The van der Waals surface area contributed by atoms with Crippen LogP contribution in [-0.4, -0.2) is 26.8 Å². The van der Waals surface area contributed by atoms with E-state index in [-0.39, 0.29) is 24.3 Å². The van der Waals surface area contributed by atoms with Gasteiger partial charge in [0.1, 0.15) is 11.4 Å². The van der Waals surface area contributed by atoms with Crippen molar-refractivity contribution in [3.05, 3.63) is 76.2 Å². The van der Waals surface area contributed by atoms with E-state index >= 15 is 0 Å². The molecule has 3 aromatic rings. The van der Waals surface area contributed by atoms with E-state index in [2.05, 4.69) is 20.7 Å². The fraction of sp³-hybridized carbons (Fsp3) is 0.375. The van der Waals surface area contributed by atoms with Gasteiger partial charge in [-0.25, -0.2) is 4.68 Å². The molecule has 33 heavy (non-hydrogen) atoms. The smallest absolute Gasteiger partial charge is 0.363 e. The second-order valence-electron chi connectivity index (χ2n) is 8.37. The topological polar surface area (TPSA) is 71.8 Å². The number of aromatic nitrogens is 3. The number of amides is 1. The minimum absolute atomic E-state index is 0.0735. The first kappa shape index (κ1) is 22.8. The quantitative estimate of drug-likeness (QED) is 0.563. The van der Waals surface area contributed by atoms with Gasteiger partial charge in [-0.1, -0.05) is 31.2 Å². The van der Waals surface area contributed by atoms with E-state index in [1.807, 2.05) is 51.1 Å². The van der Waals surface area contributed by atoms with Crippen LogP contribution in [-0.2, 0) is 13.0 Å². The Balaban J connectivity index is 1.60. The molecule has 2 unspecified atom stereocenters. The average molecular weight is 458 g/mol. The number of carbonyl (C=O) groups is 1. The normalized spacial score (nSPS) is 17.9. The third-order valence-electron chi connectivity index (χ3n) is 6.07. The Hall–Kier alpha value is -3.36. The van der Waals surface area contributed by atoms with Gasteiger partial charge >= 0.3 is 6.18 Å². The highest BCUT2D eigenvalue weighted by molar-refractivity contribution is 5.98. The maximum Gasteiger partial charge on any atom is 0.410 e. The highest BCUT2D eigenvalue weighted by Crippen LogP contribution is 2.44. The van der Waals surface area contributed by atoms with Gasteiger partial charge in [-0.2, -0.15) is 18.3 Å². The third-order valence-corrected chi connectivity index (χ3v) is 6.07. The maximum absolute atomic E-state index is 13.9. The first-order valence-corrected chi connectivity index (χ1v) is 10.9. The number of benzene rings is 1.